The van der Waals surface area contributed by atoms with E-state index >= 15 is 0 Å². The third-order valence-electron chi connectivity index (χ3n) is 13.3. The van der Waals surface area contributed by atoms with Crippen molar-refractivity contribution in [2.24, 2.45) is 40.9 Å². The van der Waals surface area contributed by atoms with Gasteiger partial charge in [0.25, 0.3) is 60.7 Å². The molecule has 0 amide bonds. The number of benzene rings is 10. The zero-order valence-corrected chi connectivity index (χ0v) is 49.6. The standard InChI is InChI=1S/C54H38N10O20S6/c55-39-17-19-41(61-57-31-13-9-27-3-1-5-43(35(27)21-31)85(67,68)69)37-25-47(89(79,80)81)51(53(65)49(37)39)63-59-33-15-11-29(45(23-33)87(73,74)75)7-8-30-12-16-34(24-46(30)88(76,77)78)60-64-52-48(90(82,83)84)26-38-42(20-18-40(56)50(38)54(52)66)62-58-32-14-10-28-4-2-6-44(36(28)22-32)86(70,71)72/h1-26,65-66H,55-56H2,(H,67,68,69)(H,70,71,72)(H,73,74,75)(H,76,77,78)(H,79,80,81)(H,82,83,84)/b8-7+,61-57?,62-58?,63-59?,64-60?. The molecule has 0 fully saturated rings. The molecule has 0 aliphatic carbocycles. The molecule has 36 heteroatoms. The Morgan fingerprint density at radius 2 is 0.633 bits per heavy atom. The predicted octanol–water partition coefficient (Wildman–Crippen LogP) is 12.2. The summed E-state index contributed by atoms with van der Waals surface area (Å²) in [5, 5.41) is 54.6. The van der Waals surface area contributed by atoms with Gasteiger partial charge < -0.3 is 21.7 Å². The number of nitrogen functional groups attached to an aromatic ring is 2. The number of phenols is 2. The summed E-state index contributed by atoms with van der Waals surface area (Å²) in [6.07, 6.45) is 1.92. The molecule has 0 spiro atoms. The Hall–Kier alpha value is -9.96. The second-order valence-corrected chi connectivity index (χ2v) is 27.4. The van der Waals surface area contributed by atoms with E-state index in [0.717, 1.165) is 72.8 Å². The van der Waals surface area contributed by atoms with E-state index in [1.807, 2.05) is 0 Å². The molecule has 10 rings (SSSR count). The summed E-state index contributed by atoms with van der Waals surface area (Å²) >= 11 is 0. The largest absolute Gasteiger partial charge is 0.505 e. The van der Waals surface area contributed by atoms with E-state index in [1.165, 1.54) is 72.8 Å². The van der Waals surface area contributed by atoms with E-state index in [4.69, 9.17) is 11.5 Å². The average molecular weight is 1340 g/mol. The third-order valence-corrected chi connectivity index (χ3v) is 18.7. The van der Waals surface area contributed by atoms with Crippen LogP contribution in [-0.4, -0.2) is 88.0 Å². The maximum absolute atomic E-state index is 12.8. The van der Waals surface area contributed by atoms with Crippen LogP contribution in [0.25, 0.3) is 55.2 Å². The van der Waals surface area contributed by atoms with Crippen LogP contribution >= 0.6 is 0 Å². The van der Waals surface area contributed by atoms with Crippen LogP contribution in [0.3, 0.4) is 0 Å². The fourth-order valence-electron chi connectivity index (χ4n) is 9.25. The number of phenolic OH excluding ortho intramolecular Hbond substituents is 2. The summed E-state index contributed by atoms with van der Waals surface area (Å²) in [5.74, 6) is -1.98. The van der Waals surface area contributed by atoms with Crippen LogP contribution < -0.4 is 11.5 Å². The Balaban J connectivity index is 0.955. The topological polar surface area (TPSA) is 518 Å². The predicted molar refractivity (Wildman–Crippen MR) is 325 cm³/mol. The van der Waals surface area contributed by atoms with Crippen molar-refractivity contribution in [3.63, 3.8) is 0 Å². The lowest BCUT2D eigenvalue weighted by Gasteiger charge is -2.12. The molecule has 0 aliphatic heterocycles. The van der Waals surface area contributed by atoms with Gasteiger partial charge in [0, 0.05) is 32.9 Å². The minimum absolute atomic E-state index is 0.0540. The summed E-state index contributed by atoms with van der Waals surface area (Å²) in [6.45, 7) is 0. The first-order valence-electron chi connectivity index (χ1n) is 24.8. The highest BCUT2D eigenvalue weighted by molar-refractivity contribution is 7.87. The van der Waals surface area contributed by atoms with Gasteiger partial charge >= 0.3 is 0 Å². The lowest BCUT2D eigenvalue weighted by molar-refractivity contribution is 0.472. The molecule has 0 radical (unpaired) electrons. The number of hydrogen-bond donors (Lipinski definition) is 10. The van der Waals surface area contributed by atoms with Crippen LogP contribution in [0.5, 0.6) is 11.5 Å². The second kappa shape index (κ2) is 23.2. The first-order valence-corrected chi connectivity index (χ1v) is 33.4. The molecule has 30 nitrogen and oxygen atoms in total. The number of rotatable bonds is 16. The van der Waals surface area contributed by atoms with Gasteiger partial charge in [0.2, 0.25) is 0 Å². The van der Waals surface area contributed by atoms with Gasteiger partial charge in [-0.05, 0) is 119 Å². The van der Waals surface area contributed by atoms with Gasteiger partial charge in [0.15, 0.2) is 11.5 Å². The molecule has 460 valence electrons. The number of anilines is 2. The molecule has 0 saturated heterocycles. The van der Waals surface area contributed by atoms with Crippen molar-refractivity contribution in [3.8, 4) is 11.5 Å². The number of nitrogens with zero attached hydrogens (tertiary/aromatic N) is 8. The number of nitrogens with two attached hydrogens (primary N) is 2. The third kappa shape index (κ3) is 13.0. The maximum Gasteiger partial charge on any atom is 0.296 e. The molecule has 10 aromatic rings. The van der Waals surface area contributed by atoms with Gasteiger partial charge in [-0.25, -0.2) is 0 Å². The molecular weight excluding hydrogens is 1300 g/mol. The minimum Gasteiger partial charge on any atom is -0.505 e. The van der Waals surface area contributed by atoms with Crippen molar-refractivity contribution in [2.45, 2.75) is 29.4 Å². The lowest BCUT2D eigenvalue weighted by atomic mass is 10.0. The summed E-state index contributed by atoms with van der Waals surface area (Å²) in [7, 11) is -30.5. The fourth-order valence-corrected chi connectivity index (χ4v) is 13.4. The van der Waals surface area contributed by atoms with Crippen molar-refractivity contribution in [1.29, 1.82) is 0 Å². The zero-order chi connectivity index (χ0) is 65.2. The molecule has 0 aliphatic rings. The molecular formula is C54H38N10O20S6. The van der Waals surface area contributed by atoms with Crippen LogP contribution in [0.2, 0.25) is 0 Å². The second-order valence-electron chi connectivity index (χ2n) is 19.1. The Morgan fingerprint density at radius 3 is 0.978 bits per heavy atom. The summed E-state index contributed by atoms with van der Waals surface area (Å²) in [5.41, 5.74) is 8.33. The van der Waals surface area contributed by atoms with Crippen molar-refractivity contribution < 1.29 is 88.0 Å². The number of aromatic hydroxyl groups is 2. The molecule has 0 heterocycles. The maximum atomic E-state index is 12.8. The lowest BCUT2D eigenvalue weighted by Crippen LogP contribution is -2.02. The van der Waals surface area contributed by atoms with Gasteiger partial charge in [0.1, 0.15) is 40.7 Å². The van der Waals surface area contributed by atoms with Gasteiger partial charge in [-0.15, -0.1) is 20.5 Å². The van der Waals surface area contributed by atoms with E-state index in [0.29, 0.717) is 10.8 Å². The normalized spacial score (nSPS) is 13.3. The van der Waals surface area contributed by atoms with Gasteiger partial charge in [0.05, 0.1) is 44.9 Å². The Morgan fingerprint density at radius 1 is 0.311 bits per heavy atom. The van der Waals surface area contributed by atoms with Crippen LogP contribution in [0.15, 0.2) is 216 Å². The smallest absolute Gasteiger partial charge is 0.296 e. The van der Waals surface area contributed by atoms with E-state index in [-0.39, 0.29) is 77.6 Å². The highest BCUT2D eigenvalue weighted by Gasteiger charge is 2.28. The first-order chi connectivity index (χ1) is 42.1. The number of fused-ring (bicyclic) bond motifs is 4. The molecule has 0 bridgehead atoms. The van der Waals surface area contributed by atoms with Gasteiger partial charge in [-0.3, -0.25) is 27.3 Å². The van der Waals surface area contributed by atoms with Crippen molar-refractivity contribution in [3.05, 3.63) is 157 Å². The van der Waals surface area contributed by atoms with E-state index < -0.39 is 124 Å². The fraction of sp³-hybridized carbons (Fsp3) is 0. The summed E-state index contributed by atoms with van der Waals surface area (Å²) in [4.78, 5) is -4.83. The zero-order valence-electron chi connectivity index (χ0n) is 44.7. The van der Waals surface area contributed by atoms with Crippen LogP contribution in [0.4, 0.5) is 56.9 Å². The average Bonchev–Trinajstić information content (AvgIpc) is 0.767. The molecule has 0 saturated carbocycles. The highest BCUT2D eigenvalue weighted by atomic mass is 32.2. The Labute approximate surface area is 507 Å². The SMILES string of the molecule is Nc1ccc(N=Nc2ccc3cccc(S(=O)(=O)O)c3c2)c2cc(S(=O)(=O)O)c(N=Nc3ccc(/C=C/c4ccc(N=Nc5c(S(=O)(=O)O)cc6c(N=Nc7ccc8cccc(S(=O)(=O)O)c8c7)ccc(N)c6c5O)cc4S(=O)(=O)O)c(S(=O)(=O)O)c3)c(O)c12. The summed E-state index contributed by atoms with van der Waals surface area (Å²) in [6, 6.07) is 29.0. The van der Waals surface area contributed by atoms with Crippen LogP contribution in [-0.2, 0) is 60.7 Å². The van der Waals surface area contributed by atoms with Crippen molar-refractivity contribution >= 4 is 173 Å². The molecule has 10 aromatic carbocycles. The van der Waals surface area contributed by atoms with E-state index in [9.17, 15) is 88.0 Å². The minimum atomic E-state index is -5.32. The van der Waals surface area contributed by atoms with Gasteiger partial charge in [-0.2, -0.15) is 71.0 Å². The quantitative estimate of drug-likeness (QED) is 0.0186. The van der Waals surface area contributed by atoms with Crippen LogP contribution in [0, 0.1) is 0 Å². The van der Waals surface area contributed by atoms with Gasteiger partial charge in [-0.1, -0.05) is 60.7 Å². The molecule has 0 unspecified atom stereocenters. The number of hydrogen-bond acceptors (Lipinski definition) is 24. The molecule has 0 aromatic heterocycles. The summed E-state index contributed by atoms with van der Waals surface area (Å²) < 4.78 is 212. The van der Waals surface area contributed by atoms with Crippen molar-refractivity contribution in [2.75, 3.05) is 11.5 Å². The Kier molecular flexibility index (Phi) is 16.3. The van der Waals surface area contributed by atoms with Crippen molar-refractivity contribution in [1.82, 2.24) is 0 Å². The monoisotopic (exact) mass is 1340 g/mol. The Bertz CT molecular complexity index is 5330. The molecule has 90 heavy (non-hydrogen) atoms. The number of azo groups is 4. The van der Waals surface area contributed by atoms with Crippen LogP contribution in [0.1, 0.15) is 11.1 Å². The van der Waals surface area contributed by atoms with E-state index in [2.05, 4.69) is 40.9 Å². The highest BCUT2D eigenvalue weighted by Crippen LogP contribution is 2.49. The van der Waals surface area contributed by atoms with E-state index in [1.54, 1.807) is 12.1 Å². The molecule has 0 atom stereocenters. The first kappa shape index (κ1) is 63.1. The molecule has 12 N–H and O–H groups in total.